The van der Waals surface area contributed by atoms with Crippen molar-refractivity contribution in [3.8, 4) is 0 Å². The molecule has 0 fully saturated rings. The fraction of sp³-hybridized carbons (Fsp3) is 0.417. The van der Waals surface area contributed by atoms with E-state index >= 15 is 0 Å². The summed E-state index contributed by atoms with van der Waals surface area (Å²) in [6, 6.07) is 7.48. The first-order valence-corrected chi connectivity index (χ1v) is 5.19. The molecule has 0 radical (unpaired) electrons. The lowest BCUT2D eigenvalue weighted by atomic mass is 9.86. The molecule has 0 saturated heterocycles. The van der Waals surface area contributed by atoms with E-state index in [1.54, 1.807) is 6.92 Å². The Morgan fingerprint density at radius 3 is 2.56 bits per heavy atom. The van der Waals surface area contributed by atoms with Gasteiger partial charge in [0, 0.05) is 10.8 Å². The molecule has 0 aliphatic rings. The Hall–Kier alpha value is -1.71. The maximum Gasteiger partial charge on any atom is 0.211 e. The quantitative estimate of drug-likeness (QED) is 0.435. The Balaban J connectivity index is 3.05. The second kappa shape index (κ2) is 5.39. The van der Waals surface area contributed by atoms with Crippen LogP contribution in [0.15, 0.2) is 24.3 Å². The normalized spacial score (nSPS) is 14.1. The molecule has 16 heavy (non-hydrogen) atoms. The Bertz CT molecular complexity index is 390. The number of nitrogens with zero attached hydrogens (tertiary/aromatic N) is 1. The molecule has 0 aromatic heterocycles. The number of carbonyl (C=O) groups is 1. The number of carbonyl (C=O) groups excluding carboxylic acids is 1. The molecule has 1 aromatic rings. The van der Waals surface area contributed by atoms with Crippen LogP contribution in [0.2, 0.25) is 0 Å². The van der Waals surface area contributed by atoms with E-state index in [4.69, 9.17) is 0 Å². The Morgan fingerprint density at radius 2 is 2.06 bits per heavy atom. The lowest BCUT2D eigenvalue weighted by molar-refractivity contribution is -0.484. The molecule has 0 N–H and O–H groups in total. The van der Waals surface area contributed by atoms with Gasteiger partial charge in [-0.05, 0) is 18.1 Å². The van der Waals surface area contributed by atoms with Crippen LogP contribution in [0.1, 0.15) is 24.0 Å². The molecule has 0 aliphatic heterocycles. The summed E-state index contributed by atoms with van der Waals surface area (Å²) >= 11 is 0. The zero-order chi connectivity index (χ0) is 12.1. The summed E-state index contributed by atoms with van der Waals surface area (Å²) in [4.78, 5) is 21.0. The van der Waals surface area contributed by atoms with Crippen molar-refractivity contribution in [2.24, 2.45) is 5.92 Å². The molecule has 1 rings (SSSR count). The third kappa shape index (κ3) is 2.89. The van der Waals surface area contributed by atoms with Gasteiger partial charge < -0.3 is 4.79 Å². The van der Waals surface area contributed by atoms with Gasteiger partial charge in [0.15, 0.2) is 0 Å². The van der Waals surface area contributed by atoms with Crippen molar-refractivity contribution in [1.29, 1.82) is 0 Å². The molecular weight excluding hydrogens is 206 g/mol. The van der Waals surface area contributed by atoms with Gasteiger partial charge in [-0.3, -0.25) is 10.1 Å². The molecule has 0 unspecified atom stereocenters. The summed E-state index contributed by atoms with van der Waals surface area (Å²) < 4.78 is 0. The molecule has 4 heteroatoms. The van der Waals surface area contributed by atoms with E-state index in [1.807, 2.05) is 31.2 Å². The Kier molecular flexibility index (Phi) is 4.17. The minimum absolute atomic E-state index is 0.204. The smallest absolute Gasteiger partial charge is 0.211 e. The van der Waals surface area contributed by atoms with Crippen molar-refractivity contribution in [2.45, 2.75) is 19.8 Å². The molecule has 0 aliphatic carbocycles. The maximum absolute atomic E-state index is 10.8. The van der Waals surface area contributed by atoms with Crippen LogP contribution in [-0.4, -0.2) is 17.8 Å². The van der Waals surface area contributed by atoms with Crippen molar-refractivity contribution in [2.75, 3.05) is 6.54 Å². The third-order valence-corrected chi connectivity index (χ3v) is 2.78. The Labute approximate surface area is 94.4 Å². The zero-order valence-corrected chi connectivity index (χ0v) is 9.42. The van der Waals surface area contributed by atoms with E-state index in [1.165, 1.54) is 0 Å². The van der Waals surface area contributed by atoms with Crippen LogP contribution in [0.4, 0.5) is 0 Å². The first-order chi connectivity index (χ1) is 7.56. The van der Waals surface area contributed by atoms with Gasteiger partial charge >= 0.3 is 0 Å². The van der Waals surface area contributed by atoms with Crippen LogP contribution >= 0.6 is 0 Å². The number of rotatable bonds is 5. The van der Waals surface area contributed by atoms with Crippen LogP contribution in [0, 0.1) is 23.0 Å². The monoisotopic (exact) mass is 221 g/mol. The van der Waals surface area contributed by atoms with Crippen LogP contribution in [0.25, 0.3) is 0 Å². The number of nitro groups is 1. The van der Waals surface area contributed by atoms with Crippen LogP contribution in [0.3, 0.4) is 0 Å². The van der Waals surface area contributed by atoms with Gasteiger partial charge in [0.05, 0.1) is 5.92 Å². The lowest BCUT2D eigenvalue weighted by Gasteiger charge is -2.18. The van der Waals surface area contributed by atoms with Gasteiger partial charge in [-0.15, -0.1) is 0 Å². The molecule has 0 heterocycles. The summed E-state index contributed by atoms with van der Waals surface area (Å²) in [6.45, 7) is 3.41. The number of benzene rings is 1. The summed E-state index contributed by atoms with van der Waals surface area (Å²) in [6.07, 6.45) is 0.778. The average molecular weight is 221 g/mol. The molecule has 0 amide bonds. The van der Waals surface area contributed by atoms with Crippen molar-refractivity contribution >= 4 is 6.29 Å². The van der Waals surface area contributed by atoms with Gasteiger partial charge in [0.1, 0.15) is 6.29 Å². The second-order valence-electron chi connectivity index (χ2n) is 3.97. The van der Waals surface area contributed by atoms with E-state index in [9.17, 15) is 14.9 Å². The summed E-state index contributed by atoms with van der Waals surface area (Å²) in [5, 5.41) is 10.6. The minimum Gasteiger partial charge on any atom is -0.303 e. The first-order valence-electron chi connectivity index (χ1n) is 5.19. The molecule has 0 saturated carbocycles. The zero-order valence-electron chi connectivity index (χ0n) is 9.42. The van der Waals surface area contributed by atoms with E-state index in [0.717, 1.165) is 17.4 Å². The maximum atomic E-state index is 10.8. The van der Waals surface area contributed by atoms with Crippen LogP contribution in [0.5, 0.6) is 0 Å². The first kappa shape index (κ1) is 12.4. The average Bonchev–Trinajstić information content (AvgIpc) is 2.26. The molecule has 4 nitrogen and oxygen atoms in total. The highest BCUT2D eigenvalue weighted by Gasteiger charge is 2.25. The summed E-state index contributed by atoms with van der Waals surface area (Å²) in [5.41, 5.74) is 1.88. The molecule has 86 valence electrons. The third-order valence-electron chi connectivity index (χ3n) is 2.78. The van der Waals surface area contributed by atoms with Gasteiger partial charge in [-0.25, -0.2) is 0 Å². The van der Waals surface area contributed by atoms with E-state index in [0.29, 0.717) is 0 Å². The standard InChI is InChI=1S/C12H15NO3/c1-9-5-3-4-6-11(9)12(7-13(15)16)10(2)8-14/h3-6,8,10,12H,7H2,1-2H3/t10-,12-/m0/s1. The summed E-state index contributed by atoms with van der Waals surface area (Å²) in [5.74, 6) is -0.680. The molecule has 0 spiro atoms. The predicted octanol–water partition coefficient (Wildman–Crippen LogP) is 2.19. The van der Waals surface area contributed by atoms with Crippen molar-refractivity contribution < 1.29 is 9.72 Å². The number of hydrogen-bond donors (Lipinski definition) is 0. The number of aldehydes is 1. The SMILES string of the molecule is Cc1ccccc1[C@@H](C[N+](=O)[O-])[C@@H](C)C=O. The topological polar surface area (TPSA) is 60.2 Å². The van der Waals surface area contributed by atoms with Crippen molar-refractivity contribution in [1.82, 2.24) is 0 Å². The van der Waals surface area contributed by atoms with Crippen molar-refractivity contribution in [3.63, 3.8) is 0 Å². The molecule has 0 bridgehead atoms. The van der Waals surface area contributed by atoms with E-state index < -0.39 is 0 Å². The minimum atomic E-state index is -0.364. The highest BCUT2D eigenvalue weighted by atomic mass is 16.6. The Morgan fingerprint density at radius 1 is 1.44 bits per heavy atom. The van der Waals surface area contributed by atoms with Crippen LogP contribution in [-0.2, 0) is 4.79 Å². The number of hydrogen-bond acceptors (Lipinski definition) is 3. The highest BCUT2D eigenvalue weighted by Crippen LogP contribution is 2.26. The molecule has 1 aromatic carbocycles. The van der Waals surface area contributed by atoms with Crippen LogP contribution < -0.4 is 0 Å². The van der Waals surface area contributed by atoms with E-state index in [2.05, 4.69) is 0 Å². The fourth-order valence-corrected chi connectivity index (χ4v) is 1.81. The van der Waals surface area contributed by atoms with E-state index in [-0.39, 0.29) is 23.3 Å². The van der Waals surface area contributed by atoms with Gasteiger partial charge in [0.2, 0.25) is 6.54 Å². The fourth-order valence-electron chi connectivity index (χ4n) is 1.81. The second-order valence-corrected chi connectivity index (χ2v) is 3.97. The molecular formula is C12H15NO3. The largest absolute Gasteiger partial charge is 0.303 e. The van der Waals surface area contributed by atoms with Gasteiger partial charge in [-0.2, -0.15) is 0 Å². The number of aryl methyl sites for hydroxylation is 1. The van der Waals surface area contributed by atoms with Gasteiger partial charge in [-0.1, -0.05) is 31.2 Å². The predicted molar refractivity (Wildman–Crippen MR) is 61.0 cm³/mol. The highest BCUT2D eigenvalue weighted by molar-refractivity contribution is 5.55. The summed E-state index contributed by atoms with van der Waals surface area (Å²) in [7, 11) is 0. The molecule has 2 atom stereocenters. The van der Waals surface area contributed by atoms with Crippen molar-refractivity contribution in [3.05, 3.63) is 45.5 Å². The lowest BCUT2D eigenvalue weighted by Crippen LogP contribution is -2.21. The van der Waals surface area contributed by atoms with Gasteiger partial charge in [0.25, 0.3) is 0 Å².